The van der Waals surface area contributed by atoms with E-state index < -0.39 is 0 Å². The van der Waals surface area contributed by atoms with Gasteiger partial charge in [-0.3, -0.25) is 0 Å². The van der Waals surface area contributed by atoms with E-state index in [0.29, 0.717) is 28.7 Å². The standard InChI is InChI=1S/C10H14ClN3OS/c1-16-10-13-8(11)4-9(14-10)15-6-7-2-3-12-5-7/h4,7,12H,2-3,5-6H2,1H3/t7-/m0/s1. The van der Waals surface area contributed by atoms with Gasteiger partial charge in [0.2, 0.25) is 5.88 Å². The summed E-state index contributed by atoms with van der Waals surface area (Å²) in [5.74, 6) is 1.14. The minimum absolute atomic E-state index is 0.430. The van der Waals surface area contributed by atoms with Crippen molar-refractivity contribution in [3.63, 3.8) is 0 Å². The number of thioether (sulfide) groups is 1. The first-order chi connectivity index (χ1) is 7.78. The van der Waals surface area contributed by atoms with Gasteiger partial charge in [0.1, 0.15) is 5.15 Å². The predicted octanol–water partition coefficient (Wildman–Crippen LogP) is 1.84. The van der Waals surface area contributed by atoms with Crippen molar-refractivity contribution >= 4 is 23.4 Å². The zero-order valence-electron chi connectivity index (χ0n) is 9.07. The summed E-state index contributed by atoms with van der Waals surface area (Å²) in [6.45, 7) is 2.79. The van der Waals surface area contributed by atoms with Crippen LogP contribution in [0.2, 0.25) is 5.15 Å². The molecule has 0 aromatic carbocycles. The highest BCUT2D eigenvalue weighted by atomic mass is 35.5. The molecular formula is C10H14ClN3OS. The van der Waals surface area contributed by atoms with Crippen molar-refractivity contribution in [2.45, 2.75) is 11.6 Å². The molecule has 0 radical (unpaired) electrons. The third kappa shape index (κ3) is 3.23. The molecule has 1 aliphatic rings. The van der Waals surface area contributed by atoms with E-state index in [4.69, 9.17) is 16.3 Å². The van der Waals surface area contributed by atoms with Crippen LogP contribution in [0.15, 0.2) is 11.2 Å². The van der Waals surface area contributed by atoms with Crippen molar-refractivity contribution in [1.29, 1.82) is 0 Å². The molecule has 0 spiro atoms. The topological polar surface area (TPSA) is 47.0 Å². The lowest BCUT2D eigenvalue weighted by molar-refractivity contribution is 0.249. The van der Waals surface area contributed by atoms with E-state index in [-0.39, 0.29) is 0 Å². The van der Waals surface area contributed by atoms with Crippen LogP contribution in [0.25, 0.3) is 0 Å². The molecule has 1 aromatic heterocycles. The second kappa shape index (κ2) is 5.70. The van der Waals surface area contributed by atoms with E-state index >= 15 is 0 Å². The molecule has 88 valence electrons. The minimum Gasteiger partial charge on any atom is -0.477 e. The number of nitrogens with one attached hydrogen (secondary N) is 1. The molecule has 0 unspecified atom stereocenters. The van der Waals surface area contributed by atoms with Gasteiger partial charge in [-0.2, -0.15) is 4.98 Å². The number of ether oxygens (including phenoxy) is 1. The van der Waals surface area contributed by atoms with Crippen molar-refractivity contribution < 1.29 is 4.74 Å². The third-order valence-corrected chi connectivity index (χ3v) is 3.20. The summed E-state index contributed by atoms with van der Waals surface area (Å²) in [6.07, 6.45) is 3.07. The largest absolute Gasteiger partial charge is 0.477 e. The van der Waals surface area contributed by atoms with E-state index in [9.17, 15) is 0 Å². The summed E-state index contributed by atoms with van der Waals surface area (Å²) in [4.78, 5) is 8.29. The summed E-state index contributed by atoms with van der Waals surface area (Å²) < 4.78 is 5.62. The lowest BCUT2D eigenvalue weighted by Gasteiger charge is -2.10. The highest BCUT2D eigenvalue weighted by molar-refractivity contribution is 7.98. The second-order valence-corrected chi connectivity index (χ2v) is 4.85. The third-order valence-electron chi connectivity index (χ3n) is 2.46. The summed E-state index contributed by atoms with van der Waals surface area (Å²) in [7, 11) is 0. The molecule has 1 aliphatic heterocycles. The molecule has 6 heteroatoms. The van der Waals surface area contributed by atoms with Gasteiger partial charge >= 0.3 is 0 Å². The van der Waals surface area contributed by atoms with Crippen LogP contribution in [-0.2, 0) is 0 Å². The molecule has 1 saturated heterocycles. The first-order valence-corrected chi connectivity index (χ1v) is 6.80. The summed E-state index contributed by atoms with van der Waals surface area (Å²) in [5, 5.41) is 4.37. The maximum absolute atomic E-state index is 5.87. The second-order valence-electron chi connectivity index (χ2n) is 3.69. The van der Waals surface area contributed by atoms with Gasteiger partial charge in [-0.1, -0.05) is 23.4 Å². The Morgan fingerprint density at radius 2 is 2.50 bits per heavy atom. The minimum atomic E-state index is 0.430. The Bertz CT molecular complexity index is 358. The fourth-order valence-electron chi connectivity index (χ4n) is 1.60. The molecule has 0 bridgehead atoms. The zero-order valence-corrected chi connectivity index (χ0v) is 10.6. The van der Waals surface area contributed by atoms with Crippen LogP contribution in [0.4, 0.5) is 0 Å². The molecule has 1 fully saturated rings. The quantitative estimate of drug-likeness (QED) is 0.508. The van der Waals surface area contributed by atoms with Crippen LogP contribution < -0.4 is 10.1 Å². The van der Waals surface area contributed by atoms with Crippen LogP contribution in [-0.4, -0.2) is 35.9 Å². The molecule has 4 nitrogen and oxygen atoms in total. The van der Waals surface area contributed by atoms with Crippen LogP contribution in [0.5, 0.6) is 5.88 Å². The first-order valence-electron chi connectivity index (χ1n) is 5.20. The lowest BCUT2D eigenvalue weighted by Crippen LogP contribution is -2.16. The molecule has 2 rings (SSSR count). The number of halogens is 1. The van der Waals surface area contributed by atoms with E-state index in [1.54, 1.807) is 6.07 Å². The maximum Gasteiger partial charge on any atom is 0.218 e. The van der Waals surface area contributed by atoms with E-state index in [0.717, 1.165) is 19.5 Å². The van der Waals surface area contributed by atoms with Crippen molar-refractivity contribution in [2.24, 2.45) is 5.92 Å². The average Bonchev–Trinajstić information content (AvgIpc) is 2.78. The fraction of sp³-hybridized carbons (Fsp3) is 0.600. The zero-order chi connectivity index (χ0) is 11.4. The molecule has 16 heavy (non-hydrogen) atoms. The monoisotopic (exact) mass is 259 g/mol. The van der Waals surface area contributed by atoms with Crippen molar-refractivity contribution in [3.05, 3.63) is 11.2 Å². The highest BCUT2D eigenvalue weighted by Crippen LogP contribution is 2.19. The van der Waals surface area contributed by atoms with E-state index in [2.05, 4.69) is 15.3 Å². The SMILES string of the molecule is CSc1nc(Cl)cc(OC[C@H]2CCNC2)n1. The molecule has 0 aliphatic carbocycles. The maximum atomic E-state index is 5.87. The fourth-order valence-corrected chi connectivity index (χ4v) is 2.20. The predicted molar refractivity (Wildman–Crippen MR) is 65.3 cm³/mol. The molecule has 2 heterocycles. The smallest absolute Gasteiger partial charge is 0.218 e. The van der Waals surface area contributed by atoms with Crippen molar-refractivity contribution in [2.75, 3.05) is 26.0 Å². The van der Waals surface area contributed by atoms with Gasteiger partial charge in [-0.15, -0.1) is 0 Å². The van der Waals surface area contributed by atoms with Crippen LogP contribution in [0.3, 0.4) is 0 Å². The number of hydrogen-bond donors (Lipinski definition) is 1. The molecule has 1 N–H and O–H groups in total. The van der Waals surface area contributed by atoms with E-state index in [1.165, 1.54) is 11.8 Å². The molecule has 0 saturated carbocycles. The summed E-state index contributed by atoms with van der Waals surface area (Å²) in [6, 6.07) is 1.66. The Labute approximate surface area is 104 Å². The number of rotatable bonds is 4. The normalized spacial score (nSPS) is 20.0. The Hall–Kier alpha value is -0.520. The highest BCUT2D eigenvalue weighted by Gasteiger charge is 2.15. The average molecular weight is 260 g/mol. The van der Waals surface area contributed by atoms with Gasteiger partial charge in [-0.25, -0.2) is 4.98 Å². The van der Waals surface area contributed by atoms with Crippen molar-refractivity contribution in [3.8, 4) is 5.88 Å². The number of hydrogen-bond acceptors (Lipinski definition) is 5. The Morgan fingerprint density at radius 1 is 1.62 bits per heavy atom. The number of aromatic nitrogens is 2. The van der Waals surface area contributed by atoms with Gasteiger partial charge in [0.05, 0.1) is 6.61 Å². The van der Waals surface area contributed by atoms with Crippen LogP contribution in [0, 0.1) is 5.92 Å². The molecule has 1 atom stereocenters. The van der Waals surface area contributed by atoms with Gasteiger partial charge < -0.3 is 10.1 Å². The summed E-state index contributed by atoms with van der Waals surface area (Å²) >= 11 is 7.32. The Balaban J connectivity index is 1.94. The first kappa shape index (κ1) is 12.0. The van der Waals surface area contributed by atoms with Gasteiger partial charge in [0.25, 0.3) is 0 Å². The Morgan fingerprint density at radius 3 is 3.19 bits per heavy atom. The summed E-state index contributed by atoms with van der Waals surface area (Å²) in [5.41, 5.74) is 0. The van der Waals surface area contributed by atoms with Crippen LogP contribution >= 0.6 is 23.4 Å². The molecule has 0 amide bonds. The van der Waals surface area contributed by atoms with Crippen LogP contribution in [0.1, 0.15) is 6.42 Å². The van der Waals surface area contributed by atoms with E-state index in [1.807, 2.05) is 6.26 Å². The molecular weight excluding hydrogens is 246 g/mol. The van der Waals surface area contributed by atoms with Gasteiger partial charge in [-0.05, 0) is 19.2 Å². The lowest BCUT2D eigenvalue weighted by atomic mass is 10.1. The molecule has 1 aromatic rings. The number of nitrogens with zero attached hydrogens (tertiary/aromatic N) is 2. The van der Waals surface area contributed by atoms with Crippen molar-refractivity contribution in [1.82, 2.24) is 15.3 Å². The Kier molecular flexibility index (Phi) is 4.26. The van der Waals surface area contributed by atoms with Gasteiger partial charge in [0, 0.05) is 18.5 Å². The van der Waals surface area contributed by atoms with Gasteiger partial charge in [0.15, 0.2) is 5.16 Å².